The molecule has 2 rings (SSSR count). The van der Waals surface area contributed by atoms with Gasteiger partial charge in [-0.25, -0.2) is 4.98 Å². The Bertz CT molecular complexity index is 707. The van der Waals surface area contributed by atoms with Crippen molar-refractivity contribution in [3.63, 3.8) is 0 Å². The number of anilines is 1. The number of nitrogens with one attached hydrogen (secondary N) is 3. The van der Waals surface area contributed by atoms with E-state index < -0.39 is 6.04 Å². The van der Waals surface area contributed by atoms with Crippen molar-refractivity contribution in [3.05, 3.63) is 47.5 Å². The van der Waals surface area contributed by atoms with Gasteiger partial charge >= 0.3 is 0 Å². The summed E-state index contributed by atoms with van der Waals surface area (Å²) in [4.78, 5) is 30.6. The van der Waals surface area contributed by atoms with Crippen molar-refractivity contribution in [2.24, 2.45) is 5.73 Å². The average Bonchev–Trinajstić information content (AvgIpc) is 3.03. The lowest BCUT2D eigenvalue weighted by molar-refractivity contribution is -0.122. The van der Waals surface area contributed by atoms with E-state index >= 15 is 0 Å². The molecule has 0 spiro atoms. The van der Waals surface area contributed by atoms with Gasteiger partial charge in [0.2, 0.25) is 11.8 Å². The van der Waals surface area contributed by atoms with Crippen molar-refractivity contribution in [1.82, 2.24) is 15.3 Å². The molecule has 26 heavy (non-hydrogen) atoms. The van der Waals surface area contributed by atoms with Crippen molar-refractivity contribution in [2.45, 2.75) is 32.7 Å². The predicted molar refractivity (Wildman–Crippen MR) is 107 cm³/mol. The normalized spacial score (nSPS) is 10.9. The van der Waals surface area contributed by atoms with Crippen LogP contribution in [0.15, 0.2) is 30.7 Å². The largest absolute Gasteiger partial charge is 0.354 e. The maximum Gasteiger partial charge on any atom is 0.237 e. The zero-order valence-electron chi connectivity index (χ0n) is 14.7. The number of carbonyl (C=O) groups excluding carboxylic acids is 2. The maximum atomic E-state index is 12.0. The van der Waals surface area contributed by atoms with Gasteiger partial charge in [0.05, 0.1) is 12.4 Å². The minimum atomic E-state index is -0.673. The fraction of sp³-hybridized carbons (Fsp3) is 0.353. The Hall–Kier alpha value is -2.09. The first kappa shape index (κ1) is 23.9. The first-order valence-corrected chi connectivity index (χ1v) is 7.83. The van der Waals surface area contributed by atoms with Crippen LogP contribution in [-0.4, -0.2) is 34.4 Å². The average molecular weight is 402 g/mol. The quantitative estimate of drug-likeness (QED) is 0.566. The van der Waals surface area contributed by atoms with Gasteiger partial charge in [-0.05, 0) is 25.5 Å². The van der Waals surface area contributed by atoms with E-state index in [9.17, 15) is 9.59 Å². The molecule has 0 fully saturated rings. The van der Waals surface area contributed by atoms with Crippen LogP contribution in [0, 0.1) is 13.8 Å². The van der Waals surface area contributed by atoms with Crippen LogP contribution in [-0.2, 0) is 16.0 Å². The first-order valence-electron chi connectivity index (χ1n) is 7.83. The summed E-state index contributed by atoms with van der Waals surface area (Å²) in [6.45, 7) is 4.19. The summed E-state index contributed by atoms with van der Waals surface area (Å²) in [6, 6.07) is 5.15. The summed E-state index contributed by atoms with van der Waals surface area (Å²) in [5.41, 5.74) is 9.56. The lowest BCUT2D eigenvalue weighted by Gasteiger charge is -2.12. The molecule has 2 amide bonds. The smallest absolute Gasteiger partial charge is 0.237 e. The van der Waals surface area contributed by atoms with E-state index in [-0.39, 0.29) is 49.6 Å². The molecule has 0 aliphatic rings. The molecule has 0 radical (unpaired) electrons. The molecule has 9 heteroatoms. The SMILES string of the molecule is Cc1ccc(NC(=O)CCNC(=O)[C@@H](N)Cc2cnc[nH]2)c(C)c1.Cl.Cl. The van der Waals surface area contributed by atoms with Crippen molar-refractivity contribution in [3.8, 4) is 0 Å². The third-order valence-electron chi connectivity index (χ3n) is 3.64. The summed E-state index contributed by atoms with van der Waals surface area (Å²) >= 11 is 0. The predicted octanol–water partition coefficient (Wildman–Crippen LogP) is 1.88. The molecule has 0 aliphatic carbocycles. The van der Waals surface area contributed by atoms with Crippen LogP contribution in [0.25, 0.3) is 0 Å². The van der Waals surface area contributed by atoms with E-state index in [1.165, 1.54) is 6.33 Å². The molecule has 0 saturated carbocycles. The molecular formula is C17H25Cl2N5O2. The van der Waals surface area contributed by atoms with Gasteiger partial charge in [0, 0.05) is 37.0 Å². The number of hydrogen-bond donors (Lipinski definition) is 4. The van der Waals surface area contributed by atoms with Gasteiger partial charge in [0.1, 0.15) is 0 Å². The summed E-state index contributed by atoms with van der Waals surface area (Å²) in [7, 11) is 0. The lowest BCUT2D eigenvalue weighted by Crippen LogP contribution is -2.43. The Morgan fingerprint density at radius 1 is 1.27 bits per heavy atom. The van der Waals surface area contributed by atoms with Gasteiger partial charge in [0.25, 0.3) is 0 Å². The molecule has 0 saturated heterocycles. The molecule has 7 nitrogen and oxygen atoms in total. The van der Waals surface area contributed by atoms with E-state index in [0.29, 0.717) is 6.42 Å². The number of rotatable bonds is 7. The minimum Gasteiger partial charge on any atom is -0.354 e. The molecule has 1 atom stereocenters. The highest BCUT2D eigenvalue weighted by molar-refractivity contribution is 5.92. The third-order valence-corrected chi connectivity index (χ3v) is 3.64. The molecule has 1 aromatic carbocycles. The van der Waals surface area contributed by atoms with Crippen molar-refractivity contribution in [2.75, 3.05) is 11.9 Å². The minimum absolute atomic E-state index is 0. The maximum absolute atomic E-state index is 12.0. The number of H-pyrrole nitrogens is 1. The lowest BCUT2D eigenvalue weighted by atomic mass is 10.1. The van der Waals surface area contributed by atoms with Crippen LogP contribution in [0.1, 0.15) is 23.2 Å². The van der Waals surface area contributed by atoms with E-state index in [1.807, 2.05) is 32.0 Å². The van der Waals surface area contributed by atoms with Crippen LogP contribution in [0.5, 0.6) is 0 Å². The number of hydrogen-bond acceptors (Lipinski definition) is 4. The number of aromatic amines is 1. The van der Waals surface area contributed by atoms with Crippen LogP contribution in [0.4, 0.5) is 5.69 Å². The Balaban J connectivity index is 0.00000312. The number of nitrogens with two attached hydrogens (primary N) is 1. The fourth-order valence-electron chi connectivity index (χ4n) is 2.32. The van der Waals surface area contributed by atoms with Crippen molar-refractivity contribution >= 4 is 42.3 Å². The highest BCUT2D eigenvalue weighted by Crippen LogP contribution is 2.15. The molecular weight excluding hydrogens is 377 g/mol. The van der Waals surface area contributed by atoms with Gasteiger partial charge in [-0.2, -0.15) is 0 Å². The van der Waals surface area contributed by atoms with Crippen LogP contribution >= 0.6 is 24.8 Å². The van der Waals surface area contributed by atoms with Crippen molar-refractivity contribution < 1.29 is 9.59 Å². The van der Waals surface area contributed by atoms with Crippen LogP contribution in [0.3, 0.4) is 0 Å². The summed E-state index contributed by atoms with van der Waals surface area (Å²) in [5, 5.41) is 5.52. The number of aryl methyl sites for hydroxylation is 2. The second-order valence-corrected chi connectivity index (χ2v) is 5.80. The molecule has 1 aromatic heterocycles. The number of imidazole rings is 1. The van der Waals surface area contributed by atoms with Gasteiger partial charge < -0.3 is 21.4 Å². The molecule has 5 N–H and O–H groups in total. The molecule has 144 valence electrons. The number of nitrogens with zero attached hydrogens (tertiary/aromatic N) is 1. The van der Waals surface area contributed by atoms with Crippen LogP contribution < -0.4 is 16.4 Å². The van der Waals surface area contributed by atoms with E-state index in [1.54, 1.807) is 6.20 Å². The monoisotopic (exact) mass is 401 g/mol. The first-order chi connectivity index (χ1) is 11.5. The Labute approximate surface area is 165 Å². The number of carbonyl (C=O) groups is 2. The van der Waals surface area contributed by atoms with Gasteiger partial charge in [-0.1, -0.05) is 17.7 Å². The zero-order chi connectivity index (χ0) is 17.5. The van der Waals surface area contributed by atoms with Crippen molar-refractivity contribution in [1.29, 1.82) is 0 Å². The fourth-order valence-corrected chi connectivity index (χ4v) is 2.32. The highest BCUT2D eigenvalue weighted by Gasteiger charge is 2.14. The highest BCUT2D eigenvalue weighted by atomic mass is 35.5. The zero-order valence-corrected chi connectivity index (χ0v) is 16.4. The second-order valence-electron chi connectivity index (χ2n) is 5.80. The van der Waals surface area contributed by atoms with Gasteiger partial charge in [-0.15, -0.1) is 24.8 Å². The number of aromatic nitrogens is 2. The topological polar surface area (TPSA) is 113 Å². The van der Waals surface area contributed by atoms with E-state index in [2.05, 4.69) is 20.6 Å². The summed E-state index contributed by atoms with van der Waals surface area (Å²) in [5.74, 6) is -0.437. The summed E-state index contributed by atoms with van der Waals surface area (Å²) < 4.78 is 0. The third kappa shape index (κ3) is 7.43. The Morgan fingerprint density at radius 2 is 2.00 bits per heavy atom. The van der Waals surface area contributed by atoms with E-state index in [0.717, 1.165) is 22.5 Å². The molecule has 2 aromatic rings. The van der Waals surface area contributed by atoms with Gasteiger partial charge in [0.15, 0.2) is 0 Å². The Morgan fingerprint density at radius 3 is 2.62 bits per heavy atom. The van der Waals surface area contributed by atoms with Crippen LogP contribution in [0.2, 0.25) is 0 Å². The number of halogens is 2. The number of benzene rings is 1. The number of amides is 2. The standard InChI is InChI=1S/C17H23N5O2.2ClH/c1-11-3-4-15(12(2)7-11)22-16(23)5-6-20-17(24)14(18)8-13-9-19-10-21-13;;/h3-4,7,9-10,14H,5-6,8,18H2,1-2H3,(H,19,21)(H,20,24)(H,22,23);2*1H/t14-;;/m0../s1. The molecule has 0 bridgehead atoms. The summed E-state index contributed by atoms with van der Waals surface area (Å²) in [6.07, 6.45) is 3.73. The Kier molecular flexibility index (Phi) is 10.6. The van der Waals surface area contributed by atoms with Gasteiger partial charge in [-0.3, -0.25) is 9.59 Å². The second kappa shape index (κ2) is 11.5. The molecule has 0 unspecified atom stereocenters. The van der Waals surface area contributed by atoms with E-state index in [4.69, 9.17) is 5.73 Å². The molecule has 0 aliphatic heterocycles. The molecule has 1 heterocycles.